The van der Waals surface area contributed by atoms with Crippen LogP contribution in [0.5, 0.6) is 0 Å². The lowest BCUT2D eigenvalue weighted by molar-refractivity contribution is -0.116. The van der Waals surface area contributed by atoms with Gasteiger partial charge in [-0.3, -0.25) is 4.79 Å². The number of halogens is 1. The summed E-state index contributed by atoms with van der Waals surface area (Å²) in [4.78, 5) is 10.2. The summed E-state index contributed by atoms with van der Waals surface area (Å²) in [6, 6.07) is 0. The molecule has 0 radical (unpaired) electrons. The lowest BCUT2D eigenvalue weighted by Gasteiger charge is -1.88. The van der Waals surface area contributed by atoms with Crippen LogP contribution in [0.1, 0.15) is 13.3 Å². The van der Waals surface area contributed by atoms with Crippen LogP contribution in [0.4, 0.5) is 0 Å². The Morgan fingerprint density at radius 2 is 2.00 bits per heavy atom. The average Bonchev–Trinajstić information content (AvgIpc) is 1.59. The Morgan fingerprint density at radius 3 is 2.11 bits per heavy atom. The molecule has 0 rings (SSSR count). The minimum atomic E-state index is -3.47. The number of carbonyl (C=O) groups excluding carboxylic acids is 1. The Balaban J connectivity index is 3.67. The Morgan fingerprint density at radius 1 is 1.56 bits per heavy atom. The van der Waals surface area contributed by atoms with E-state index in [1.807, 2.05) is 0 Å². The van der Waals surface area contributed by atoms with E-state index in [2.05, 4.69) is 0 Å². The highest BCUT2D eigenvalue weighted by Gasteiger charge is 2.05. The second kappa shape index (κ2) is 3.17. The maximum atomic E-state index is 10.2. The zero-order valence-electron chi connectivity index (χ0n) is 4.93. The normalized spacial score (nSPS) is 11.3. The number of carbonyl (C=O) groups is 1. The zero-order chi connectivity index (χ0) is 7.49. The first-order valence-electron chi connectivity index (χ1n) is 2.33. The first-order valence-corrected chi connectivity index (χ1v) is 4.81. The molecule has 0 spiro atoms. The highest BCUT2D eigenvalue weighted by molar-refractivity contribution is 8.13. The smallest absolute Gasteiger partial charge is 0.233 e. The monoisotopic (exact) mass is 170 g/mol. The predicted octanol–water partition coefficient (Wildman–Crippen LogP) is 0.534. The van der Waals surface area contributed by atoms with Crippen LogP contribution < -0.4 is 0 Å². The van der Waals surface area contributed by atoms with Crippen LogP contribution in [0.25, 0.3) is 0 Å². The van der Waals surface area contributed by atoms with Gasteiger partial charge in [-0.2, -0.15) is 0 Å². The third-order valence-electron chi connectivity index (χ3n) is 0.698. The fourth-order valence-corrected chi connectivity index (χ4v) is 1.03. The van der Waals surface area contributed by atoms with Gasteiger partial charge in [0.15, 0.2) is 0 Å². The third-order valence-corrected chi connectivity index (χ3v) is 1.85. The van der Waals surface area contributed by atoms with Crippen molar-refractivity contribution in [3.63, 3.8) is 0 Å². The summed E-state index contributed by atoms with van der Waals surface area (Å²) >= 11 is 0. The lowest BCUT2D eigenvalue weighted by atomic mass is 10.4. The summed E-state index contributed by atoms with van der Waals surface area (Å²) in [5.74, 6) is -0.427. The van der Waals surface area contributed by atoms with E-state index in [0.717, 1.165) is 0 Å². The van der Waals surface area contributed by atoms with Gasteiger partial charge >= 0.3 is 0 Å². The SMILES string of the molecule is CC(=O)CCS(=O)(=O)Cl. The van der Waals surface area contributed by atoms with Gasteiger partial charge in [-0.25, -0.2) is 8.42 Å². The van der Waals surface area contributed by atoms with Gasteiger partial charge in [-0.15, -0.1) is 0 Å². The maximum absolute atomic E-state index is 10.2. The van der Waals surface area contributed by atoms with Crippen molar-refractivity contribution in [2.24, 2.45) is 0 Å². The summed E-state index contributed by atoms with van der Waals surface area (Å²) in [6.07, 6.45) is 0.00579. The van der Waals surface area contributed by atoms with Gasteiger partial charge in [0, 0.05) is 17.1 Å². The Labute approximate surface area is 58.4 Å². The van der Waals surface area contributed by atoms with Crippen LogP contribution in [0.15, 0.2) is 0 Å². The number of hydrogen-bond acceptors (Lipinski definition) is 3. The first kappa shape index (κ1) is 8.91. The van der Waals surface area contributed by atoms with E-state index in [1.54, 1.807) is 0 Å². The molecular formula is C4H7ClO3S. The van der Waals surface area contributed by atoms with Crippen LogP contribution in [-0.2, 0) is 13.8 Å². The Bertz CT molecular complexity index is 194. The van der Waals surface area contributed by atoms with E-state index in [9.17, 15) is 13.2 Å². The standard InChI is InChI=1S/C4H7ClO3S/c1-4(6)2-3-9(5,7)8/h2-3H2,1H3. The van der Waals surface area contributed by atoms with Crippen LogP contribution >= 0.6 is 10.7 Å². The molecule has 3 nitrogen and oxygen atoms in total. The topological polar surface area (TPSA) is 51.2 Å². The molecule has 0 aromatic rings. The average molecular weight is 171 g/mol. The number of ketones is 1. The molecule has 0 saturated heterocycles. The maximum Gasteiger partial charge on any atom is 0.233 e. The third kappa shape index (κ3) is 7.91. The number of rotatable bonds is 3. The molecule has 0 aromatic heterocycles. The summed E-state index contributed by atoms with van der Waals surface area (Å²) < 4.78 is 20.3. The van der Waals surface area contributed by atoms with Crippen LogP contribution in [0, 0.1) is 0 Å². The molecule has 0 unspecified atom stereocenters. The molecule has 0 aromatic carbocycles. The van der Waals surface area contributed by atoms with Crippen molar-refractivity contribution >= 4 is 25.5 Å². The molecule has 0 amide bonds. The van der Waals surface area contributed by atoms with Gasteiger partial charge in [-0.05, 0) is 6.92 Å². The Hall–Kier alpha value is -0.0900. The minimum absolute atomic E-state index is 0.00579. The minimum Gasteiger partial charge on any atom is -0.300 e. The highest BCUT2D eigenvalue weighted by Crippen LogP contribution is 1.98. The molecule has 0 saturated carbocycles. The van der Waals surface area contributed by atoms with Crippen LogP contribution in [0.2, 0.25) is 0 Å². The second-order valence-electron chi connectivity index (χ2n) is 1.69. The van der Waals surface area contributed by atoms with Crippen LogP contribution in [-0.4, -0.2) is 20.0 Å². The van der Waals surface area contributed by atoms with Gasteiger partial charge in [0.2, 0.25) is 9.05 Å². The van der Waals surface area contributed by atoms with E-state index in [1.165, 1.54) is 6.92 Å². The van der Waals surface area contributed by atoms with E-state index in [4.69, 9.17) is 10.7 Å². The fraction of sp³-hybridized carbons (Fsp3) is 0.750. The largest absolute Gasteiger partial charge is 0.300 e. The van der Waals surface area contributed by atoms with Gasteiger partial charge in [0.05, 0.1) is 5.75 Å². The summed E-state index contributed by atoms with van der Waals surface area (Å²) in [5, 5.41) is 0. The van der Waals surface area contributed by atoms with Gasteiger partial charge < -0.3 is 0 Å². The molecule has 0 aliphatic heterocycles. The summed E-state index contributed by atoms with van der Waals surface area (Å²) in [6.45, 7) is 1.32. The molecular weight excluding hydrogens is 164 g/mol. The molecule has 0 aliphatic rings. The number of hydrogen-bond donors (Lipinski definition) is 0. The number of Topliss-reactive ketones (excluding diaryl/α,β-unsaturated/α-hetero) is 1. The Kier molecular flexibility index (Phi) is 3.14. The van der Waals surface area contributed by atoms with Crippen molar-refractivity contribution in [2.75, 3.05) is 5.75 Å². The van der Waals surface area contributed by atoms with Crippen molar-refractivity contribution in [3.8, 4) is 0 Å². The van der Waals surface area contributed by atoms with E-state index in [0.29, 0.717) is 0 Å². The molecule has 0 bridgehead atoms. The van der Waals surface area contributed by atoms with Crippen LogP contribution in [0.3, 0.4) is 0 Å². The molecule has 5 heteroatoms. The first-order chi connectivity index (χ1) is 3.92. The van der Waals surface area contributed by atoms with E-state index < -0.39 is 9.05 Å². The van der Waals surface area contributed by atoms with Crippen molar-refractivity contribution in [3.05, 3.63) is 0 Å². The molecule has 0 heterocycles. The van der Waals surface area contributed by atoms with Gasteiger partial charge in [0.25, 0.3) is 0 Å². The van der Waals surface area contributed by atoms with Gasteiger partial charge in [0.1, 0.15) is 5.78 Å². The zero-order valence-corrected chi connectivity index (χ0v) is 6.50. The predicted molar refractivity (Wildman–Crippen MR) is 34.9 cm³/mol. The molecule has 9 heavy (non-hydrogen) atoms. The van der Waals surface area contributed by atoms with Crippen molar-refractivity contribution in [1.82, 2.24) is 0 Å². The molecule has 54 valence electrons. The second-order valence-corrected chi connectivity index (χ2v) is 4.59. The van der Waals surface area contributed by atoms with Gasteiger partial charge in [-0.1, -0.05) is 0 Å². The summed E-state index contributed by atoms with van der Waals surface area (Å²) in [5.41, 5.74) is 0. The van der Waals surface area contributed by atoms with Crippen molar-refractivity contribution < 1.29 is 13.2 Å². The lowest BCUT2D eigenvalue weighted by Crippen LogP contribution is -2.01. The fourth-order valence-electron chi connectivity index (χ4n) is 0.266. The van der Waals surface area contributed by atoms with Crippen molar-refractivity contribution in [2.45, 2.75) is 13.3 Å². The molecule has 0 atom stereocenters. The molecule has 0 fully saturated rings. The molecule has 0 N–H and O–H groups in total. The molecule has 0 aliphatic carbocycles. The van der Waals surface area contributed by atoms with Crippen molar-refractivity contribution in [1.29, 1.82) is 0 Å². The van der Waals surface area contributed by atoms with E-state index in [-0.39, 0.29) is 18.0 Å². The highest BCUT2D eigenvalue weighted by atomic mass is 35.7. The summed E-state index contributed by atoms with van der Waals surface area (Å²) in [7, 11) is 1.33. The van der Waals surface area contributed by atoms with E-state index >= 15 is 0 Å². The quantitative estimate of drug-likeness (QED) is 0.581.